The number of aliphatic hydroxyl groups is 1. The molecule has 0 saturated heterocycles. The molecule has 0 atom stereocenters. The number of Topliss-reactive ketones (excluding diaryl/α,β-unsaturated/α-hetero) is 2. The van der Waals surface area contributed by atoms with Crippen LogP contribution in [0, 0.1) is 18.3 Å². The number of hydrogen-bond donors (Lipinski definition) is 13. The van der Waals surface area contributed by atoms with E-state index in [0.717, 1.165) is 86.5 Å². The van der Waals surface area contributed by atoms with Gasteiger partial charge in [0, 0.05) is 51.9 Å². The monoisotopic (exact) mass is 2030 g/mol. The van der Waals surface area contributed by atoms with Crippen molar-refractivity contribution >= 4 is 123 Å². The van der Waals surface area contributed by atoms with Crippen molar-refractivity contribution in [1.29, 1.82) is 5.26 Å². The predicted octanol–water partition coefficient (Wildman–Crippen LogP) is 24.0. The third-order valence-corrected chi connectivity index (χ3v) is 22.2. The Morgan fingerprint density at radius 3 is 1.05 bits per heavy atom. The summed E-state index contributed by atoms with van der Waals surface area (Å²) in [6.45, 7) is 14.0. The first-order valence-corrected chi connectivity index (χ1v) is 46.7. The zero-order chi connectivity index (χ0) is 107. The van der Waals surface area contributed by atoms with Gasteiger partial charge in [-0.3, -0.25) is 33.6 Å². The number of ketones is 2. The molecule has 12 aromatic rings. The molecule has 0 aliphatic heterocycles. The van der Waals surface area contributed by atoms with Crippen LogP contribution in [0.25, 0.3) is 0 Å². The average molecular weight is 2030 g/mol. The Kier molecular flexibility index (Phi) is 48.0. The normalized spacial score (nSPS) is 10.3. The van der Waals surface area contributed by atoms with E-state index in [-0.39, 0.29) is 116 Å². The number of hydrogen-bond acceptors (Lipinski definition) is 18. The molecule has 0 aliphatic carbocycles. The third kappa shape index (κ3) is 36.9. The second-order valence-electron chi connectivity index (χ2n) is 32.5. The molecular formula is C113H114ClF3N6O24. The highest BCUT2D eigenvalue weighted by atomic mass is 35.5. The molecular weight excluding hydrogens is 1920 g/mol. The van der Waals surface area contributed by atoms with Crippen molar-refractivity contribution in [2.45, 2.75) is 159 Å². The zero-order valence-electron chi connectivity index (χ0n) is 80.8. The smallest absolute Gasteiger partial charge is 0.492 e. The van der Waals surface area contributed by atoms with Gasteiger partial charge in [-0.05, 0) is 263 Å². The Labute approximate surface area is 852 Å². The molecule has 0 bridgehead atoms. The van der Waals surface area contributed by atoms with Crippen LogP contribution in [-0.4, -0.2) is 143 Å². The number of carboxylic acids is 7. The Morgan fingerprint density at radius 2 is 0.673 bits per heavy atom. The fraction of sp³-hybridized carbons (Fsp3) is 0.230. The number of amides is 5. The van der Waals surface area contributed by atoms with Crippen LogP contribution >= 0.6 is 11.6 Å². The Hall–Kier alpha value is -17.3. The molecule has 12 rings (SSSR count). The van der Waals surface area contributed by atoms with Crippen LogP contribution in [0.4, 0.5) is 41.6 Å². The number of aryl methyl sites for hydroxylation is 6. The molecule has 0 fully saturated rings. The van der Waals surface area contributed by atoms with Gasteiger partial charge in [0.05, 0.1) is 84.6 Å². The summed E-state index contributed by atoms with van der Waals surface area (Å²) in [5.41, 5.74) is 8.76. The van der Waals surface area contributed by atoms with Gasteiger partial charge >= 0.3 is 48.1 Å². The molecule has 0 aliphatic rings. The van der Waals surface area contributed by atoms with E-state index in [1.807, 2.05) is 51.1 Å². The maximum Gasteiger partial charge on any atom is 0.573 e. The maximum absolute atomic E-state index is 12.7. The lowest BCUT2D eigenvalue weighted by Gasteiger charge is -2.16. The van der Waals surface area contributed by atoms with Crippen LogP contribution in [0.3, 0.4) is 0 Å². The number of unbranched alkanes of at least 4 members (excludes halogenated alkanes) is 4. The van der Waals surface area contributed by atoms with E-state index in [1.165, 1.54) is 122 Å². The van der Waals surface area contributed by atoms with E-state index in [1.54, 1.807) is 128 Å². The lowest BCUT2D eigenvalue weighted by molar-refractivity contribution is -0.274. The summed E-state index contributed by atoms with van der Waals surface area (Å²) in [5, 5.41) is 96.0. The minimum Gasteiger partial charge on any atom is -0.492 e. The van der Waals surface area contributed by atoms with Gasteiger partial charge in [0.1, 0.15) is 11.8 Å². The molecule has 30 nitrogen and oxygen atoms in total. The maximum atomic E-state index is 12.7. The number of aliphatic hydroxyl groups excluding tert-OH is 1. The summed E-state index contributed by atoms with van der Waals surface area (Å²) < 4.78 is 47.5. The van der Waals surface area contributed by atoms with Crippen LogP contribution in [0.5, 0.6) is 11.5 Å². The van der Waals surface area contributed by atoms with E-state index in [4.69, 9.17) is 47.1 Å². The number of alkyl halides is 3. The van der Waals surface area contributed by atoms with Crippen molar-refractivity contribution in [1.82, 2.24) is 0 Å². The molecule has 0 saturated carbocycles. The number of halogens is 4. The molecule has 768 valence electrons. The topological polar surface area (TPSA) is 503 Å². The van der Waals surface area contributed by atoms with Gasteiger partial charge in [0.15, 0.2) is 17.3 Å². The lowest BCUT2D eigenvalue weighted by atomic mass is 9.94. The number of benzene rings is 12. The molecule has 0 heterocycles. The van der Waals surface area contributed by atoms with Gasteiger partial charge in [0.25, 0.3) is 29.5 Å². The number of carboxylic acid groups (broad SMARTS) is 7. The van der Waals surface area contributed by atoms with Gasteiger partial charge in [-0.2, -0.15) is 5.26 Å². The fourth-order valence-corrected chi connectivity index (χ4v) is 14.8. The first-order chi connectivity index (χ1) is 69.7. The second-order valence-corrected chi connectivity index (χ2v) is 32.9. The van der Waals surface area contributed by atoms with Crippen molar-refractivity contribution in [2.75, 3.05) is 39.8 Å². The summed E-state index contributed by atoms with van der Waals surface area (Å²) in [7, 11) is 0. The SMILES string of the molecule is C.CC(=O)c1cc(NC(=O)c2ccccc2C(=O)O)ccc1CCCO.CCCCc1ccc(CC(=O)c2ccccc2C(=O)O)cc1C(=O)O.CCCCc1ccc(NC(=O)c2ccccc2C(=O)O)c(OC(F)(F)F)c1.CCCCc1ccc(NC(=O)c2ccccc2C(=O)O)cc1C.CCCCc1ccc(NC(=O)c2ccccc2C(=O)O)cc1Cl.CCOc1ccc(NC(=O)c2ccccc2C(=O)O)cc1C#N. The molecule has 0 spiro atoms. The van der Waals surface area contributed by atoms with Crippen molar-refractivity contribution in [3.8, 4) is 17.6 Å². The minimum absolute atomic E-state index is 0. The number of ether oxygens (including phenoxy) is 2. The number of nitriles is 1. The quantitative estimate of drug-likeness (QED) is 0.0159. The van der Waals surface area contributed by atoms with Crippen LogP contribution in [0.1, 0.15) is 296 Å². The molecule has 0 radical (unpaired) electrons. The first kappa shape index (κ1) is 118. The summed E-state index contributed by atoms with van der Waals surface area (Å²) in [6, 6.07) is 67.4. The summed E-state index contributed by atoms with van der Waals surface area (Å²) in [4.78, 5) is 165. The third-order valence-electron chi connectivity index (χ3n) is 21.9. The van der Waals surface area contributed by atoms with Gasteiger partial charge in [-0.1, -0.05) is 188 Å². The van der Waals surface area contributed by atoms with Gasteiger partial charge in [-0.15, -0.1) is 13.2 Å². The van der Waals surface area contributed by atoms with Crippen LogP contribution in [-0.2, 0) is 38.5 Å². The number of aromatic carboxylic acids is 7. The Morgan fingerprint density at radius 1 is 0.347 bits per heavy atom. The number of nitrogens with zero attached hydrogens (tertiary/aromatic N) is 1. The van der Waals surface area contributed by atoms with Gasteiger partial charge in [-0.25, -0.2) is 33.6 Å². The van der Waals surface area contributed by atoms with Crippen LogP contribution < -0.4 is 36.1 Å². The average Bonchev–Trinajstić information content (AvgIpc) is 0.820. The molecule has 12 aromatic carbocycles. The van der Waals surface area contributed by atoms with Crippen LogP contribution in [0.2, 0.25) is 5.02 Å². The molecule has 13 N–H and O–H groups in total. The largest absolute Gasteiger partial charge is 0.573 e. The van der Waals surface area contributed by atoms with Crippen molar-refractivity contribution in [3.05, 3.63) is 382 Å². The van der Waals surface area contributed by atoms with E-state index >= 15 is 0 Å². The fourth-order valence-electron chi connectivity index (χ4n) is 14.5. The molecule has 0 unspecified atom stereocenters. The summed E-state index contributed by atoms with van der Waals surface area (Å²) >= 11 is 6.23. The van der Waals surface area contributed by atoms with Gasteiger partial charge < -0.3 is 76.9 Å². The van der Waals surface area contributed by atoms with Crippen molar-refractivity contribution < 1.29 is 131 Å². The Bertz CT molecular complexity index is 6510. The number of rotatable bonds is 39. The van der Waals surface area contributed by atoms with Crippen LogP contribution in [0.15, 0.2) is 255 Å². The minimum atomic E-state index is -4.93. The highest BCUT2D eigenvalue weighted by molar-refractivity contribution is 6.32. The highest BCUT2D eigenvalue weighted by Crippen LogP contribution is 2.34. The zero-order valence-corrected chi connectivity index (χ0v) is 81.6. The second kappa shape index (κ2) is 59.6. The molecule has 0 aromatic heterocycles. The van der Waals surface area contributed by atoms with E-state index < -0.39 is 83.4 Å². The molecule has 5 amide bonds. The first-order valence-electron chi connectivity index (χ1n) is 46.3. The summed E-state index contributed by atoms with van der Waals surface area (Å²) in [6.07, 6.45) is 7.23. The number of carbonyl (C=O) groups excluding carboxylic acids is 7. The van der Waals surface area contributed by atoms with E-state index in [0.29, 0.717) is 82.5 Å². The highest BCUT2D eigenvalue weighted by Gasteiger charge is 2.33. The van der Waals surface area contributed by atoms with Gasteiger partial charge in [0.2, 0.25) is 0 Å². The molecule has 147 heavy (non-hydrogen) atoms. The number of nitrogens with one attached hydrogen (secondary N) is 5. The van der Waals surface area contributed by atoms with E-state index in [9.17, 15) is 95.6 Å². The summed E-state index contributed by atoms with van der Waals surface area (Å²) in [5.74, 6) is -11.6. The Balaban J connectivity index is 0.000000269. The standard InChI is InChI=1S/C20H20O5.C19H18F3NO4.C19H19NO5.C19H21NO3.C18H18ClNO3.C17H14N2O4.CH4/c1-2-3-6-14-10-9-13(11-17(14)20(24)25)12-18(21)15-7-4-5-8-16(15)19(22)23;1-2-3-6-12-9-10-15(16(11-12)27-19(20,21)22)23-17(24)13-7-4-5-8-14(13)18(25)26;1-12(22)17-11-14(9-8-13(17)5-4-10-21)20-18(23)15-6-2-3-7-16(15)19(24)25;1-3-4-7-14-10-11-15(12-13(14)2)20-18(21)16-8-5-6-9-17(16)19(22)23;1-2-3-6-12-9-10-13(11-16(12)19)20-17(21)14-7-4-5-8-15(14)18(22)23;1-2-23-15-8-7-12(9-11(15)10-18)19-16(20)13-5-3-4-6-14(13)17(21)22;/h4-5,7-11H,2-3,6,12H2,1H3,(H,22,23)(H,24,25);4-5,7-11H,2-3,6H2,1H3,(H,23,24)(H,25,26);2-3,6-9,11,21H,4-5,10H2,1H3,(H,20,23)(H,24,25);5-6,8-12H,3-4,7H2,1-2H3,(H,20,21)(H,22,23);4-5,7-11H,2-3,6H2,1H3,(H,20,21)(H,22,23);3-9H,2H2,1H3,(H,19,20)(H,21,22);1H4. The van der Waals surface area contributed by atoms with E-state index in [2.05, 4.69) is 45.2 Å². The number of carbonyl (C=O) groups is 14. The van der Waals surface area contributed by atoms with Crippen molar-refractivity contribution in [3.63, 3.8) is 0 Å². The van der Waals surface area contributed by atoms with Crippen molar-refractivity contribution in [2.24, 2.45) is 0 Å². The predicted molar refractivity (Wildman–Crippen MR) is 553 cm³/mol. The number of anilines is 5. The lowest BCUT2D eigenvalue weighted by Crippen LogP contribution is -2.20. The molecule has 34 heteroatoms.